The molecule has 112 valence electrons. The van der Waals surface area contributed by atoms with E-state index in [0.717, 1.165) is 5.56 Å². The van der Waals surface area contributed by atoms with E-state index in [1.807, 2.05) is 30.3 Å². The minimum Gasteiger partial charge on any atom is -0.481 e. The lowest BCUT2D eigenvalue weighted by molar-refractivity contribution is -0.142. The average molecular weight is 287 g/mol. The minimum absolute atomic E-state index is 0.0916. The second kappa shape index (κ2) is 5.17. The minimum atomic E-state index is -0.809. The maximum Gasteiger partial charge on any atom is 0.308 e. The molecule has 0 aromatic heterocycles. The summed E-state index contributed by atoms with van der Waals surface area (Å²) in [6.45, 7) is 5.04. The first-order valence-electron chi connectivity index (χ1n) is 7.57. The van der Waals surface area contributed by atoms with Crippen molar-refractivity contribution in [2.24, 2.45) is 23.7 Å². The summed E-state index contributed by atoms with van der Waals surface area (Å²) in [5, 5.41) is 9.46. The van der Waals surface area contributed by atoms with Gasteiger partial charge in [0.05, 0.1) is 5.92 Å². The van der Waals surface area contributed by atoms with Crippen LogP contribution >= 0.6 is 0 Å². The Bertz CT molecular complexity index is 548. The predicted octanol–water partition coefficient (Wildman–Crippen LogP) is 2.22. The predicted molar refractivity (Wildman–Crippen MR) is 78.7 cm³/mol. The summed E-state index contributed by atoms with van der Waals surface area (Å²) in [5.74, 6) is -0.324. The summed E-state index contributed by atoms with van der Waals surface area (Å²) >= 11 is 0. The van der Waals surface area contributed by atoms with Crippen molar-refractivity contribution >= 4 is 11.9 Å². The Balaban J connectivity index is 1.79. The molecule has 1 aliphatic heterocycles. The van der Waals surface area contributed by atoms with Crippen LogP contribution in [-0.4, -0.2) is 35.0 Å². The Kier molecular flexibility index (Phi) is 3.47. The highest BCUT2D eigenvalue weighted by Gasteiger charge is 2.52. The molecule has 1 aromatic carbocycles. The third-order valence-corrected chi connectivity index (χ3v) is 5.28. The maximum absolute atomic E-state index is 12.5. The molecule has 3 rings (SSSR count). The molecule has 1 N–H and O–H groups in total. The van der Waals surface area contributed by atoms with E-state index in [1.54, 1.807) is 4.90 Å². The molecule has 1 heterocycles. The van der Waals surface area contributed by atoms with Crippen LogP contribution in [0.3, 0.4) is 0 Å². The third kappa shape index (κ3) is 2.43. The molecule has 1 saturated heterocycles. The van der Waals surface area contributed by atoms with Crippen LogP contribution in [0.2, 0.25) is 0 Å². The molecule has 21 heavy (non-hydrogen) atoms. The molecule has 2 fully saturated rings. The fraction of sp³-hybridized carbons (Fsp3) is 0.529. The highest BCUT2D eigenvalue weighted by Crippen LogP contribution is 2.47. The number of amides is 1. The Morgan fingerprint density at radius 2 is 1.71 bits per heavy atom. The first-order chi connectivity index (χ1) is 10.0. The fourth-order valence-corrected chi connectivity index (χ4v) is 3.60. The standard InChI is InChI=1S/C17H21NO3/c1-10-11(2)15(10)16(19)18-8-13(14(9-18)17(20)21)12-6-4-3-5-7-12/h3-7,10-11,13-15H,8-9H2,1-2H3,(H,20,21)/t10-,11-,13-,14+/m1/s1. The van der Waals surface area contributed by atoms with Crippen LogP contribution in [0, 0.1) is 23.7 Å². The van der Waals surface area contributed by atoms with E-state index >= 15 is 0 Å². The molecule has 0 bridgehead atoms. The summed E-state index contributed by atoms with van der Waals surface area (Å²) in [6.07, 6.45) is 0. The molecule has 0 unspecified atom stereocenters. The summed E-state index contributed by atoms with van der Waals surface area (Å²) in [4.78, 5) is 25.8. The number of hydrogen-bond acceptors (Lipinski definition) is 2. The van der Waals surface area contributed by atoms with Gasteiger partial charge in [-0.05, 0) is 17.4 Å². The molecule has 0 radical (unpaired) electrons. The lowest BCUT2D eigenvalue weighted by Gasteiger charge is -2.16. The zero-order valence-electron chi connectivity index (χ0n) is 12.4. The van der Waals surface area contributed by atoms with Gasteiger partial charge in [-0.1, -0.05) is 44.2 Å². The second-order valence-electron chi connectivity index (χ2n) is 6.45. The van der Waals surface area contributed by atoms with Gasteiger partial charge in [0, 0.05) is 24.9 Å². The van der Waals surface area contributed by atoms with Gasteiger partial charge in [0.2, 0.25) is 5.91 Å². The number of benzene rings is 1. The maximum atomic E-state index is 12.5. The third-order valence-electron chi connectivity index (χ3n) is 5.28. The quantitative estimate of drug-likeness (QED) is 0.927. The first kappa shape index (κ1) is 14.1. The van der Waals surface area contributed by atoms with E-state index in [4.69, 9.17) is 0 Å². The van der Waals surface area contributed by atoms with Crippen LogP contribution in [0.5, 0.6) is 0 Å². The topological polar surface area (TPSA) is 57.6 Å². The smallest absolute Gasteiger partial charge is 0.308 e. The summed E-state index contributed by atoms with van der Waals surface area (Å²) < 4.78 is 0. The number of aliphatic carboxylic acids is 1. The Labute approximate surface area is 124 Å². The van der Waals surface area contributed by atoms with Crippen molar-refractivity contribution in [1.29, 1.82) is 0 Å². The van der Waals surface area contributed by atoms with Crippen molar-refractivity contribution in [2.45, 2.75) is 19.8 Å². The van der Waals surface area contributed by atoms with Crippen molar-refractivity contribution in [3.63, 3.8) is 0 Å². The van der Waals surface area contributed by atoms with Gasteiger partial charge in [0.1, 0.15) is 0 Å². The van der Waals surface area contributed by atoms with E-state index in [0.29, 0.717) is 24.9 Å². The number of rotatable bonds is 3. The molecule has 4 heteroatoms. The summed E-state index contributed by atoms with van der Waals surface area (Å²) in [6, 6.07) is 9.67. The molecule has 1 saturated carbocycles. The Morgan fingerprint density at radius 1 is 1.10 bits per heavy atom. The first-order valence-corrected chi connectivity index (χ1v) is 7.57. The molecule has 1 aromatic rings. The number of nitrogens with zero attached hydrogens (tertiary/aromatic N) is 1. The zero-order chi connectivity index (χ0) is 15.1. The van der Waals surface area contributed by atoms with E-state index in [2.05, 4.69) is 13.8 Å². The number of carboxylic acid groups (broad SMARTS) is 1. The van der Waals surface area contributed by atoms with Crippen molar-refractivity contribution in [1.82, 2.24) is 4.90 Å². The largest absolute Gasteiger partial charge is 0.481 e. The number of carbonyl (C=O) groups is 2. The van der Waals surface area contributed by atoms with Crippen LogP contribution in [0.1, 0.15) is 25.3 Å². The molecular formula is C17H21NO3. The summed E-state index contributed by atoms with van der Waals surface area (Å²) in [7, 11) is 0. The molecule has 1 aliphatic carbocycles. The number of hydrogen-bond donors (Lipinski definition) is 1. The van der Waals surface area contributed by atoms with Gasteiger partial charge in [-0.15, -0.1) is 0 Å². The van der Waals surface area contributed by atoms with E-state index in [1.165, 1.54) is 0 Å². The highest BCUT2D eigenvalue weighted by atomic mass is 16.4. The lowest BCUT2D eigenvalue weighted by Crippen LogP contribution is -2.31. The van der Waals surface area contributed by atoms with Gasteiger partial charge in [-0.3, -0.25) is 9.59 Å². The van der Waals surface area contributed by atoms with Crippen molar-refractivity contribution in [3.8, 4) is 0 Å². The highest BCUT2D eigenvalue weighted by molar-refractivity contribution is 5.84. The number of likely N-dealkylation sites (tertiary alicyclic amines) is 1. The van der Waals surface area contributed by atoms with Gasteiger partial charge in [-0.2, -0.15) is 0 Å². The molecule has 0 spiro atoms. The Morgan fingerprint density at radius 3 is 2.24 bits per heavy atom. The molecular weight excluding hydrogens is 266 g/mol. The lowest BCUT2D eigenvalue weighted by atomic mass is 9.89. The SMILES string of the molecule is C[C@H]1C(C(=O)N2C[C@H](C(=O)O)[C@@H](c3ccccc3)C2)[C@@H]1C. The van der Waals surface area contributed by atoms with Gasteiger partial charge in [-0.25, -0.2) is 0 Å². The molecule has 4 atom stereocenters. The van der Waals surface area contributed by atoms with Crippen molar-refractivity contribution in [2.75, 3.05) is 13.1 Å². The normalized spacial score (nSPS) is 34.8. The van der Waals surface area contributed by atoms with E-state index in [-0.39, 0.29) is 17.7 Å². The molecule has 4 nitrogen and oxygen atoms in total. The van der Waals surface area contributed by atoms with Crippen LogP contribution in [0.25, 0.3) is 0 Å². The van der Waals surface area contributed by atoms with Crippen molar-refractivity contribution < 1.29 is 14.7 Å². The van der Waals surface area contributed by atoms with Crippen LogP contribution in [0.15, 0.2) is 30.3 Å². The van der Waals surface area contributed by atoms with Crippen molar-refractivity contribution in [3.05, 3.63) is 35.9 Å². The zero-order valence-corrected chi connectivity index (χ0v) is 12.4. The second-order valence-corrected chi connectivity index (χ2v) is 6.45. The van der Waals surface area contributed by atoms with E-state index < -0.39 is 11.9 Å². The number of carbonyl (C=O) groups excluding carboxylic acids is 1. The van der Waals surface area contributed by atoms with Gasteiger partial charge in [0.25, 0.3) is 0 Å². The van der Waals surface area contributed by atoms with Crippen LogP contribution < -0.4 is 0 Å². The molecule has 1 amide bonds. The van der Waals surface area contributed by atoms with Crippen LogP contribution in [0.4, 0.5) is 0 Å². The summed E-state index contributed by atoms with van der Waals surface area (Å²) in [5.41, 5.74) is 1.01. The van der Waals surface area contributed by atoms with Crippen LogP contribution in [-0.2, 0) is 9.59 Å². The van der Waals surface area contributed by atoms with Gasteiger partial charge >= 0.3 is 5.97 Å². The average Bonchev–Trinajstić information content (AvgIpc) is 2.92. The molecule has 2 aliphatic rings. The number of carboxylic acids is 1. The Hall–Kier alpha value is -1.84. The fourth-order valence-electron chi connectivity index (χ4n) is 3.60. The van der Waals surface area contributed by atoms with E-state index in [9.17, 15) is 14.7 Å². The van der Waals surface area contributed by atoms with Gasteiger partial charge in [0.15, 0.2) is 0 Å². The van der Waals surface area contributed by atoms with Gasteiger partial charge < -0.3 is 10.0 Å². The monoisotopic (exact) mass is 287 g/mol.